The van der Waals surface area contributed by atoms with Crippen LogP contribution in [0.1, 0.15) is 33.1 Å². The molecular weight excluding hydrogens is 124 g/mol. The van der Waals surface area contributed by atoms with Crippen LogP contribution in [0.2, 0.25) is 0 Å². The van der Waals surface area contributed by atoms with Crippen LogP contribution in [0.4, 0.5) is 0 Å². The molecule has 0 bridgehead atoms. The molecule has 0 saturated carbocycles. The summed E-state index contributed by atoms with van der Waals surface area (Å²) in [7, 11) is 0. The number of allylic oxidation sites excluding steroid dienone is 1. The normalized spacial score (nSPS) is 11.6. The molecule has 0 spiro atoms. The Hall–Kier alpha value is -0.300. The van der Waals surface area contributed by atoms with Gasteiger partial charge in [0, 0.05) is 0 Å². The number of aliphatic hydroxyl groups is 1. The van der Waals surface area contributed by atoms with Crippen molar-refractivity contribution in [2.45, 2.75) is 33.1 Å². The van der Waals surface area contributed by atoms with Crippen molar-refractivity contribution in [3.63, 3.8) is 0 Å². The molecule has 0 fully saturated rings. The predicted molar refractivity (Wildman–Crippen MR) is 44.9 cm³/mol. The molecule has 0 atom stereocenters. The predicted octanol–water partition coefficient (Wildman–Crippen LogP) is 2.36. The zero-order chi connectivity index (χ0) is 7.82. The van der Waals surface area contributed by atoms with Crippen molar-refractivity contribution in [3.8, 4) is 0 Å². The molecule has 0 saturated heterocycles. The van der Waals surface area contributed by atoms with E-state index < -0.39 is 0 Å². The van der Waals surface area contributed by atoms with Gasteiger partial charge in [-0.05, 0) is 18.8 Å². The standard InChI is InChI=1S/C9H18O/c1-9(2)7-5-3-4-6-8-10/h4,6,9-10H,3,5,7-8H2,1-2H3/b6-4-. The van der Waals surface area contributed by atoms with Gasteiger partial charge >= 0.3 is 0 Å². The summed E-state index contributed by atoms with van der Waals surface area (Å²) in [5.41, 5.74) is 0. The Morgan fingerprint density at radius 1 is 1.30 bits per heavy atom. The first kappa shape index (κ1) is 9.70. The van der Waals surface area contributed by atoms with Gasteiger partial charge in [-0.25, -0.2) is 0 Å². The lowest BCUT2D eigenvalue weighted by Crippen LogP contribution is -1.85. The minimum atomic E-state index is 0.182. The Morgan fingerprint density at radius 2 is 2.00 bits per heavy atom. The van der Waals surface area contributed by atoms with Gasteiger partial charge in [-0.3, -0.25) is 0 Å². The third-order valence-corrected chi connectivity index (χ3v) is 1.42. The van der Waals surface area contributed by atoms with Crippen LogP contribution in [0.5, 0.6) is 0 Å². The van der Waals surface area contributed by atoms with Crippen LogP contribution in [0, 0.1) is 5.92 Å². The first-order valence-electron chi connectivity index (χ1n) is 4.03. The van der Waals surface area contributed by atoms with Gasteiger partial charge in [0.05, 0.1) is 6.61 Å². The first-order valence-corrected chi connectivity index (χ1v) is 4.03. The summed E-state index contributed by atoms with van der Waals surface area (Å²) in [5.74, 6) is 0.808. The SMILES string of the molecule is CC(C)CCC/C=C\CO. The van der Waals surface area contributed by atoms with E-state index in [1.165, 1.54) is 12.8 Å². The fourth-order valence-electron chi connectivity index (χ4n) is 0.836. The third kappa shape index (κ3) is 7.70. The van der Waals surface area contributed by atoms with E-state index in [-0.39, 0.29) is 6.61 Å². The minimum Gasteiger partial charge on any atom is -0.392 e. The molecule has 0 amide bonds. The molecule has 10 heavy (non-hydrogen) atoms. The topological polar surface area (TPSA) is 20.2 Å². The van der Waals surface area contributed by atoms with Crippen LogP contribution in [-0.2, 0) is 0 Å². The molecule has 60 valence electrons. The van der Waals surface area contributed by atoms with Crippen molar-refractivity contribution in [2.24, 2.45) is 5.92 Å². The largest absolute Gasteiger partial charge is 0.392 e. The van der Waals surface area contributed by atoms with Crippen molar-refractivity contribution in [1.82, 2.24) is 0 Å². The van der Waals surface area contributed by atoms with Crippen LogP contribution in [0.15, 0.2) is 12.2 Å². The second-order valence-electron chi connectivity index (χ2n) is 2.98. The maximum atomic E-state index is 8.39. The Morgan fingerprint density at radius 3 is 2.50 bits per heavy atom. The van der Waals surface area contributed by atoms with Gasteiger partial charge in [0.1, 0.15) is 0 Å². The molecule has 0 radical (unpaired) electrons. The zero-order valence-electron chi connectivity index (χ0n) is 7.01. The number of hydrogen-bond acceptors (Lipinski definition) is 1. The van der Waals surface area contributed by atoms with E-state index in [1.54, 1.807) is 6.08 Å². The summed E-state index contributed by atoms with van der Waals surface area (Å²) in [6, 6.07) is 0. The van der Waals surface area contributed by atoms with Gasteiger partial charge in [0.15, 0.2) is 0 Å². The van der Waals surface area contributed by atoms with Gasteiger partial charge in [0.2, 0.25) is 0 Å². The van der Waals surface area contributed by atoms with E-state index in [0.717, 1.165) is 12.3 Å². The summed E-state index contributed by atoms with van der Waals surface area (Å²) >= 11 is 0. The van der Waals surface area contributed by atoms with Crippen LogP contribution < -0.4 is 0 Å². The maximum absolute atomic E-state index is 8.39. The first-order chi connectivity index (χ1) is 4.77. The van der Waals surface area contributed by atoms with E-state index in [4.69, 9.17) is 5.11 Å². The quantitative estimate of drug-likeness (QED) is 0.461. The van der Waals surface area contributed by atoms with Crippen molar-refractivity contribution in [2.75, 3.05) is 6.61 Å². The monoisotopic (exact) mass is 142 g/mol. The second kappa shape index (κ2) is 6.81. The van der Waals surface area contributed by atoms with Gasteiger partial charge in [-0.1, -0.05) is 32.4 Å². The molecule has 0 rings (SSSR count). The van der Waals surface area contributed by atoms with Crippen molar-refractivity contribution >= 4 is 0 Å². The summed E-state index contributed by atoms with van der Waals surface area (Å²) < 4.78 is 0. The molecule has 0 aliphatic rings. The van der Waals surface area contributed by atoms with Gasteiger partial charge in [-0.2, -0.15) is 0 Å². The number of rotatable bonds is 5. The third-order valence-electron chi connectivity index (χ3n) is 1.42. The van der Waals surface area contributed by atoms with E-state index in [9.17, 15) is 0 Å². The molecule has 0 aromatic heterocycles. The molecule has 1 N–H and O–H groups in total. The lowest BCUT2D eigenvalue weighted by Gasteiger charge is -1.99. The molecule has 0 aliphatic heterocycles. The number of aliphatic hydroxyl groups excluding tert-OH is 1. The molecule has 0 heterocycles. The molecule has 0 aromatic carbocycles. The summed E-state index contributed by atoms with van der Waals surface area (Å²) in [6.45, 7) is 4.65. The Balaban J connectivity index is 2.97. The van der Waals surface area contributed by atoms with Crippen LogP contribution in [-0.4, -0.2) is 11.7 Å². The van der Waals surface area contributed by atoms with Crippen molar-refractivity contribution < 1.29 is 5.11 Å². The smallest absolute Gasteiger partial charge is 0.0612 e. The van der Waals surface area contributed by atoms with Gasteiger partial charge in [0.25, 0.3) is 0 Å². The van der Waals surface area contributed by atoms with Crippen molar-refractivity contribution in [3.05, 3.63) is 12.2 Å². The lowest BCUT2D eigenvalue weighted by atomic mass is 10.1. The highest BCUT2D eigenvalue weighted by Gasteiger charge is 1.90. The van der Waals surface area contributed by atoms with E-state index >= 15 is 0 Å². The summed E-state index contributed by atoms with van der Waals surface area (Å²) in [4.78, 5) is 0. The van der Waals surface area contributed by atoms with Crippen molar-refractivity contribution in [1.29, 1.82) is 0 Å². The average Bonchev–Trinajstić information content (AvgIpc) is 1.87. The van der Waals surface area contributed by atoms with E-state index in [0.29, 0.717) is 0 Å². The zero-order valence-corrected chi connectivity index (χ0v) is 7.01. The fourth-order valence-corrected chi connectivity index (χ4v) is 0.836. The highest BCUT2D eigenvalue weighted by Crippen LogP contribution is 2.05. The Labute approximate surface area is 63.8 Å². The van der Waals surface area contributed by atoms with E-state index in [2.05, 4.69) is 13.8 Å². The molecule has 1 nitrogen and oxygen atoms in total. The highest BCUT2D eigenvalue weighted by molar-refractivity contribution is 4.80. The summed E-state index contributed by atoms with van der Waals surface area (Å²) in [5, 5.41) is 8.39. The second-order valence-corrected chi connectivity index (χ2v) is 2.98. The van der Waals surface area contributed by atoms with Gasteiger partial charge in [-0.15, -0.1) is 0 Å². The minimum absolute atomic E-state index is 0.182. The lowest BCUT2D eigenvalue weighted by molar-refractivity contribution is 0.342. The highest BCUT2D eigenvalue weighted by atomic mass is 16.2. The molecular formula is C9H18O. The van der Waals surface area contributed by atoms with Crippen LogP contribution >= 0.6 is 0 Å². The maximum Gasteiger partial charge on any atom is 0.0612 e. The molecule has 1 heteroatoms. The number of hydrogen-bond donors (Lipinski definition) is 1. The number of unbranched alkanes of at least 4 members (excludes halogenated alkanes) is 1. The Bertz CT molecular complexity index is 84.7. The fraction of sp³-hybridized carbons (Fsp3) is 0.778. The molecule has 0 unspecified atom stereocenters. The molecule has 0 aromatic rings. The summed E-state index contributed by atoms with van der Waals surface area (Å²) in [6.07, 6.45) is 7.49. The van der Waals surface area contributed by atoms with Crippen LogP contribution in [0.25, 0.3) is 0 Å². The Kier molecular flexibility index (Phi) is 6.61. The van der Waals surface area contributed by atoms with E-state index in [1.807, 2.05) is 6.08 Å². The molecule has 0 aliphatic carbocycles. The van der Waals surface area contributed by atoms with Crippen LogP contribution in [0.3, 0.4) is 0 Å². The average molecular weight is 142 g/mol. The van der Waals surface area contributed by atoms with Gasteiger partial charge < -0.3 is 5.11 Å².